The molecule has 2 aliphatic heterocycles. The number of hydrogen-bond acceptors (Lipinski definition) is 2. The van der Waals surface area contributed by atoms with Gasteiger partial charge in [0.15, 0.2) is 0 Å². The van der Waals surface area contributed by atoms with Crippen molar-refractivity contribution in [2.24, 2.45) is 11.8 Å². The Bertz CT molecular complexity index is 187. The van der Waals surface area contributed by atoms with E-state index in [-0.39, 0.29) is 6.61 Å². The third-order valence-electron chi connectivity index (χ3n) is 2.96. The van der Waals surface area contributed by atoms with Gasteiger partial charge >= 0.3 is 0 Å². The molecular formula is C9H15NO2. The highest BCUT2D eigenvalue weighted by Crippen LogP contribution is 2.40. The van der Waals surface area contributed by atoms with Crippen LogP contribution in [0.4, 0.5) is 0 Å². The van der Waals surface area contributed by atoms with E-state index in [4.69, 9.17) is 5.11 Å². The van der Waals surface area contributed by atoms with Crippen molar-refractivity contribution in [3.8, 4) is 0 Å². The van der Waals surface area contributed by atoms with Crippen LogP contribution in [0.5, 0.6) is 0 Å². The van der Waals surface area contributed by atoms with Gasteiger partial charge in [0.1, 0.15) is 0 Å². The van der Waals surface area contributed by atoms with E-state index in [9.17, 15) is 4.79 Å². The van der Waals surface area contributed by atoms with Gasteiger partial charge in [-0.25, -0.2) is 0 Å². The molecule has 12 heavy (non-hydrogen) atoms. The van der Waals surface area contributed by atoms with E-state index in [1.807, 2.05) is 4.90 Å². The van der Waals surface area contributed by atoms with E-state index < -0.39 is 0 Å². The lowest BCUT2D eigenvalue weighted by atomic mass is 9.70. The number of amides is 1. The number of rotatable bonds is 3. The normalized spacial score (nSPS) is 33.4. The number of fused-ring (bicyclic) bond motifs is 2. The summed E-state index contributed by atoms with van der Waals surface area (Å²) in [6, 6.07) is 0. The SMILES string of the molecule is O=C1C2CC(C2)CN1CCCO. The van der Waals surface area contributed by atoms with Crippen molar-refractivity contribution < 1.29 is 9.90 Å². The first-order valence-electron chi connectivity index (χ1n) is 4.71. The van der Waals surface area contributed by atoms with Crippen molar-refractivity contribution in [1.29, 1.82) is 0 Å². The largest absolute Gasteiger partial charge is 0.396 e. The van der Waals surface area contributed by atoms with Crippen LogP contribution in [0.3, 0.4) is 0 Å². The Hall–Kier alpha value is -0.570. The topological polar surface area (TPSA) is 40.5 Å². The van der Waals surface area contributed by atoms with Crippen molar-refractivity contribution in [2.75, 3.05) is 19.7 Å². The molecule has 1 N–H and O–H groups in total. The van der Waals surface area contributed by atoms with E-state index in [0.717, 1.165) is 38.3 Å². The zero-order chi connectivity index (χ0) is 8.55. The van der Waals surface area contributed by atoms with Gasteiger partial charge in [-0.2, -0.15) is 0 Å². The molecule has 3 heteroatoms. The maximum atomic E-state index is 11.5. The van der Waals surface area contributed by atoms with Crippen LogP contribution in [-0.2, 0) is 4.79 Å². The summed E-state index contributed by atoms with van der Waals surface area (Å²) in [5.41, 5.74) is 0. The lowest BCUT2D eigenvalue weighted by Crippen LogP contribution is -2.53. The average molecular weight is 169 g/mol. The van der Waals surface area contributed by atoms with Gasteiger partial charge in [-0.15, -0.1) is 0 Å². The summed E-state index contributed by atoms with van der Waals surface area (Å²) in [5.74, 6) is 1.43. The van der Waals surface area contributed by atoms with E-state index in [2.05, 4.69) is 0 Å². The Morgan fingerprint density at radius 1 is 1.50 bits per heavy atom. The number of carbonyl (C=O) groups is 1. The lowest BCUT2D eigenvalue weighted by Gasteiger charge is -2.46. The monoisotopic (exact) mass is 169 g/mol. The van der Waals surface area contributed by atoms with Gasteiger partial charge < -0.3 is 10.0 Å². The van der Waals surface area contributed by atoms with Crippen LogP contribution in [0, 0.1) is 11.8 Å². The fourth-order valence-electron chi connectivity index (χ4n) is 2.21. The maximum absolute atomic E-state index is 11.5. The van der Waals surface area contributed by atoms with Gasteiger partial charge in [-0.05, 0) is 25.2 Å². The summed E-state index contributed by atoms with van der Waals surface area (Å²) < 4.78 is 0. The molecule has 68 valence electrons. The van der Waals surface area contributed by atoms with Crippen LogP contribution in [-0.4, -0.2) is 35.6 Å². The molecule has 0 aromatic carbocycles. The number of aliphatic hydroxyl groups excluding tert-OH is 1. The number of carbonyl (C=O) groups excluding carboxylic acids is 1. The molecule has 3 nitrogen and oxygen atoms in total. The molecule has 0 aromatic heterocycles. The average Bonchev–Trinajstić information content (AvgIpc) is 2.00. The third-order valence-corrected chi connectivity index (χ3v) is 2.96. The van der Waals surface area contributed by atoms with Gasteiger partial charge in [0.05, 0.1) is 0 Å². The number of aliphatic hydroxyl groups is 1. The first-order chi connectivity index (χ1) is 5.81. The lowest BCUT2D eigenvalue weighted by molar-refractivity contribution is -0.149. The summed E-state index contributed by atoms with van der Waals surface area (Å²) in [5, 5.41) is 8.62. The molecule has 2 saturated heterocycles. The van der Waals surface area contributed by atoms with Gasteiger partial charge in [0.25, 0.3) is 0 Å². The summed E-state index contributed by atoms with van der Waals surface area (Å²) in [7, 11) is 0. The minimum absolute atomic E-state index is 0.194. The molecular weight excluding hydrogens is 154 g/mol. The van der Waals surface area contributed by atoms with Crippen molar-refractivity contribution in [3.63, 3.8) is 0 Å². The zero-order valence-electron chi connectivity index (χ0n) is 7.20. The molecule has 0 radical (unpaired) electrons. The van der Waals surface area contributed by atoms with Crippen LogP contribution in [0.1, 0.15) is 19.3 Å². The summed E-state index contributed by atoms with van der Waals surface area (Å²) in [6.45, 7) is 1.89. The molecule has 0 atom stereocenters. The summed E-state index contributed by atoms with van der Waals surface area (Å²) in [4.78, 5) is 13.4. The van der Waals surface area contributed by atoms with Gasteiger partial charge in [0.2, 0.25) is 5.91 Å². The minimum atomic E-state index is 0.194. The standard InChI is InChI=1S/C9H15NO2/c11-3-1-2-10-6-7-4-8(5-7)9(10)12/h7-8,11H,1-6H2. The fourth-order valence-corrected chi connectivity index (χ4v) is 2.21. The Kier molecular flexibility index (Phi) is 2.05. The maximum Gasteiger partial charge on any atom is 0.225 e. The Labute approximate surface area is 72.4 Å². The summed E-state index contributed by atoms with van der Waals surface area (Å²) >= 11 is 0. The second-order valence-corrected chi connectivity index (χ2v) is 3.90. The van der Waals surface area contributed by atoms with Crippen molar-refractivity contribution >= 4 is 5.91 Å². The zero-order valence-corrected chi connectivity index (χ0v) is 7.20. The van der Waals surface area contributed by atoms with Crippen LogP contribution in [0.15, 0.2) is 0 Å². The minimum Gasteiger partial charge on any atom is -0.396 e. The number of piperidine rings is 2. The second kappa shape index (κ2) is 3.05. The van der Waals surface area contributed by atoms with Gasteiger partial charge in [-0.1, -0.05) is 0 Å². The van der Waals surface area contributed by atoms with Crippen LogP contribution >= 0.6 is 0 Å². The quantitative estimate of drug-likeness (QED) is 0.657. The first-order valence-corrected chi connectivity index (χ1v) is 4.71. The highest BCUT2D eigenvalue weighted by atomic mass is 16.3. The van der Waals surface area contributed by atoms with E-state index in [1.165, 1.54) is 0 Å². The Balaban J connectivity index is 1.86. The molecule has 3 rings (SSSR count). The smallest absolute Gasteiger partial charge is 0.225 e. The number of nitrogens with zero attached hydrogens (tertiary/aromatic N) is 1. The van der Waals surface area contributed by atoms with Gasteiger partial charge in [0, 0.05) is 25.6 Å². The van der Waals surface area contributed by atoms with Crippen LogP contribution < -0.4 is 0 Å². The predicted molar refractivity (Wildman–Crippen MR) is 44.5 cm³/mol. The molecule has 1 saturated carbocycles. The van der Waals surface area contributed by atoms with E-state index in [1.54, 1.807) is 0 Å². The molecule has 2 heterocycles. The molecule has 1 amide bonds. The van der Waals surface area contributed by atoms with E-state index in [0.29, 0.717) is 11.8 Å². The molecule has 0 spiro atoms. The molecule has 0 aromatic rings. The highest BCUT2D eigenvalue weighted by molar-refractivity contribution is 5.81. The molecule has 3 aliphatic rings. The van der Waals surface area contributed by atoms with Crippen molar-refractivity contribution in [2.45, 2.75) is 19.3 Å². The van der Waals surface area contributed by atoms with Gasteiger partial charge in [-0.3, -0.25) is 4.79 Å². The molecule has 3 fully saturated rings. The fraction of sp³-hybridized carbons (Fsp3) is 0.889. The summed E-state index contributed by atoms with van der Waals surface area (Å²) in [6.07, 6.45) is 2.97. The highest BCUT2D eigenvalue weighted by Gasteiger charge is 2.42. The number of hydrogen-bond donors (Lipinski definition) is 1. The Morgan fingerprint density at radius 2 is 2.25 bits per heavy atom. The molecule has 0 unspecified atom stereocenters. The van der Waals surface area contributed by atoms with Crippen molar-refractivity contribution in [1.82, 2.24) is 4.90 Å². The van der Waals surface area contributed by atoms with E-state index >= 15 is 0 Å². The van der Waals surface area contributed by atoms with Crippen LogP contribution in [0.2, 0.25) is 0 Å². The Morgan fingerprint density at radius 3 is 2.83 bits per heavy atom. The molecule has 1 aliphatic carbocycles. The van der Waals surface area contributed by atoms with Crippen LogP contribution in [0.25, 0.3) is 0 Å². The first kappa shape index (κ1) is 8.05. The van der Waals surface area contributed by atoms with Crippen molar-refractivity contribution in [3.05, 3.63) is 0 Å². The third kappa shape index (κ3) is 1.22. The predicted octanol–water partition coefficient (Wildman–Crippen LogP) is 0.237. The molecule has 2 bridgehead atoms. The second-order valence-electron chi connectivity index (χ2n) is 3.90.